The first kappa shape index (κ1) is 16.3. The average Bonchev–Trinajstić information content (AvgIpc) is 2.56. The van der Waals surface area contributed by atoms with Gasteiger partial charge in [-0.15, -0.1) is 0 Å². The minimum absolute atomic E-state index is 0.0143. The Balaban J connectivity index is 1.70. The summed E-state index contributed by atoms with van der Waals surface area (Å²) in [7, 11) is 0. The topological polar surface area (TPSA) is 23.5 Å². The third-order valence-corrected chi connectivity index (χ3v) is 5.82. The first-order chi connectivity index (χ1) is 10.7. The van der Waals surface area contributed by atoms with Crippen molar-refractivity contribution in [3.63, 3.8) is 0 Å². The van der Waals surface area contributed by atoms with E-state index in [1.165, 1.54) is 50.6 Å². The Morgan fingerprint density at radius 1 is 1.18 bits per heavy atom. The summed E-state index contributed by atoms with van der Waals surface area (Å²) in [5.41, 5.74) is 1.27. The van der Waals surface area contributed by atoms with Crippen molar-refractivity contribution in [3.8, 4) is 0 Å². The third kappa shape index (κ3) is 3.84. The van der Waals surface area contributed by atoms with Gasteiger partial charge in [0.1, 0.15) is 0 Å². The number of benzene rings is 1. The molecule has 1 saturated heterocycles. The minimum Gasteiger partial charge on any atom is -0.396 e. The first-order valence-corrected chi connectivity index (χ1v) is 9.18. The van der Waals surface area contributed by atoms with Crippen LogP contribution in [-0.4, -0.2) is 35.7 Å². The largest absolute Gasteiger partial charge is 0.396 e. The van der Waals surface area contributed by atoms with Gasteiger partial charge in [0.05, 0.1) is 6.61 Å². The van der Waals surface area contributed by atoms with Gasteiger partial charge in [-0.25, -0.2) is 0 Å². The van der Waals surface area contributed by atoms with Crippen molar-refractivity contribution >= 4 is 11.6 Å². The fourth-order valence-corrected chi connectivity index (χ4v) is 4.63. The van der Waals surface area contributed by atoms with E-state index in [0.29, 0.717) is 0 Å². The van der Waals surface area contributed by atoms with E-state index in [1.54, 1.807) is 0 Å². The van der Waals surface area contributed by atoms with Crippen LogP contribution in [0.1, 0.15) is 50.5 Å². The second-order valence-electron chi connectivity index (χ2n) is 7.33. The predicted molar refractivity (Wildman–Crippen MR) is 92.4 cm³/mol. The maximum absolute atomic E-state index is 10.1. The summed E-state index contributed by atoms with van der Waals surface area (Å²) in [5.74, 6) is 0. The monoisotopic (exact) mass is 321 g/mol. The van der Waals surface area contributed by atoms with Crippen LogP contribution in [0.25, 0.3) is 0 Å². The van der Waals surface area contributed by atoms with Crippen molar-refractivity contribution in [2.45, 2.75) is 57.4 Å². The highest BCUT2D eigenvalue weighted by molar-refractivity contribution is 6.30. The molecule has 0 aromatic heterocycles. The van der Waals surface area contributed by atoms with Crippen molar-refractivity contribution in [3.05, 3.63) is 34.9 Å². The molecule has 22 heavy (non-hydrogen) atoms. The summed E-state index contributed by atoms with van der Waals surface area (Å²) in [6, 6.07) is 8.89. The summed E-state index contributed by atoms with van der Waals surface area (Å²) in [4.78, 5) is 2.67. The van der Waals surface area contributed by atoms with E-state index in [2.05, 4.69) is 17.0 Å². The fraction of sp³-hybridized carbons (Fsp3) is 0.684. The smallest absolute Gasteiger partial charge is 0.0502 e. The number of piperidine rings is 1. The molecule has 122 valence electrons. The SMILES string of the molecule is OCC1(Cc2cccc(Cl)c2)CCCN(C2CCCCC2)C1. The molecular weight excluding hydrogens is 294 g/mol. The Bertz CT molecular complexity index is 486. The van der Waals surface area contributed by atoms with Crippen LogP contribution in [0.4, 0.5) is 0 Å². The molecule has 1 aliphatic carbocycles. The normalized spacial score (nSPS) is 27.9. The molecule has 3 heteroatoms. The highest BCUT2D eigenvalue weighted by atomic mass is 35.5. The fourth-order valence-electron chi connectivity index (χ4n) is 4.41. The van der Waals surface area contributed by atoms with Gasteiger partial charge in [0.15, 0.2) is 0 Å². The van der Waals surface area contributed by atoms with Crippen LogP contribution in [0.3, 0.4) is 0 Å². The first-order valence-electron chi connectivity index (χ1n) is 8.80. The zero-order valence-corrected chi connectivity index (χ0v) is 14.2. The van der Waals surface area contributed by atoms with E-state index in [1.807, 2.05) is 12.1 Å². The van der Waals surface area contributed by atoms with Gasteiger partial charge in [-0.1, -0.05) is 43.0 Å². The Kier molecular flexibility index (Phi) is 5.43. The number of halogens is 1. The molecule has 1 aliphatic heterocycles. The molecule has 0 radical (unpaired) electrons. The number of hydrogen-bond acceptors (Lipinski definition) is 2. The molecule has 2 aliphatic rings. The second-order valence-corrected chi connectivity index (χ2v) is 7.77. The summed E-state index contributed by atoms with van der Waals surface area (Å²) in [6.07, 6.45) is 10.1. The zero-order valence-electron chi connectivity index (χ0n) is 13.4. The molecule has 2 fully saturated rings. The minimum atomic E-state index is 0.0143. The van der Waals surface area contributed by atoms with E-state index < -0.39 is 0 Å². The van der Waals surface area contributed by atoms with Crippen molar-refractivity contribution in [2.24, 2.45) is 5.41 Å². The van der Waals surface area contributed by atoms with Gasteiger partial charge in [-0.05, 0) is 56.3 Å². The molecule has 1 atom stereocenters. The molecule has 1 saturated carbocycles. The Morgan fingerprint density at radius 3 is 2.73 bits per heavy atom. The third-order valence-electron chi connectivity index (χ3n) is 5.59. The lowest BCUT2D eigenvalue weighted by Crippen LogP contribution is -2.50. The van der Waals surface area contributed by atoms with Crippen molar-refractivity contribution in [2.75, 3.05) is 19.7 Å². The summed E-state index contributed by atoms with van der Waals surface area (Å²) in [5, 5.41) is 10.9. The van der Waals surface area contributed by atoms with Gasteiger partial charge in [-0.2, -0.15) is 0 Å². The molecule has 1 unspecified atom stereocenters. The molecule has 1 aromatic carbocycles. The van der Waals surface area contributed by atoms with Crippen molar-refractivity contribution < 1.29 is 5.11 Å². The molecule has 2 nitrogen and oxygen atoms in total. The van der Waals surface area contributed by atoms with Gasteiger partial charge >= 0.3 is 0 Å². The molecular formula is C19H28ClNO. The molecule has 1 N–H and O–H groups in total. The summed E-state index contributed by atoms with van der Waals surface area (Å²) >= 11 is 6.13. The number of rotatable bonds is 4. The number of aliphatic hydroxyl groups is 1. The van der Waals surface area contributed by atoms with Crippen LogP contribution < -0.4 is 0 Å². The standard InChI is InChI=1S/C19H28ClNO/c20-17-7-4-6-16(12-17)13-19(15-22)10-5-11-21(14-19)18-8-2-1-3-9-18/h4,6-7,12,18,22H,1-3,5,8-11,13-15H2. The van der Waals surface area contributed by atoms with E-state index >= 15 is 0 Å². The van der Waals surface area contributed by atoms with Gasteiger partial charge in [0, 0.05) is 23.0 Å². The molecule has 0 amide bonds. The van der Waals surface area contributed by atoms with E-state index in [0.717, 1.165) is 30.5 Å². The quantitative estimate of drug-likeness (QED) is 0.894. The van der Waals surface area contributed by atoms with Gasteiger partial charge in [0.2, 0.25) is 0 Å². The average molecular weight is 322 g/mol. The number of nitrogens with zero attached hydrogens (tertiary/aromatic N) is 1. The number of likely N-dealkylation sites (tertiary alicyclic amines) is 1. The zero-order chi connectivity index (χ0) is 15.4. The lowest BCUT2D eigenvalue weighted by molar-refractivity contribution is 0.00450. The maximum atomic E-state index is 10.1. The molecule has 1 aromatic rings. The van der Waals surface area contributed by atoms with Crippen LogP contribution in [0, 0.1) is 5.41 Å². The number of aliphatic hydroxyl groups excluding tert-OH is 1. The molecule has 0 bridgehead atoms. The van der Waals surface area contributed by atoms with Gasteiger partial charge < -0.3 is 5.11 Å². The Morgan fingerprint density at radius 2 is 2.00 bits per heavy atom. The Labute approximate surface area is 139 Å². The summed E-state index contributed by atoms with van der Waals surface area (Å²) in [6.45, 7) is 2.53. The molecule has 0 spiro atoms. The Hall–Kier alpha value is -0.570. The van der Waals surface area contributed by atoms with Crippen LogP contribution >= 0.6 is 11.6 Å². The van der Waals surface area contributed by atoms with Crippen molar-refractivity contribution in [1.82, 2.24) is 4.90 Å². The van der Waals surface area contributed by atoms with E-state index in [-0.39, 0.29) is 12.0 Å². The summed E-state index contributed by atoms with van der Waals surface area (Å²) < 4.78 is 0. The highest BCUT2D eigenvalue weighted by Gasteiger charge is 2.37. The number of hydrogen-bond donors (Lipinski definition) is 1. The van der Waals surface area contributed by atoms with Crippen LogP contribution in [0.15, 0.2) is 24.3 Å². The lowest BCUT2D eigenvalue weighted by atomic mass is 9.75. The second kappa shape index (κ2) is 7.33. The van der Waals surface area contributed by atoms with Gasteiger partial charge in [0.25, 0.3) is 0 Å². The predicted octanol–water partition coefficient (Wildman–Crippen LogP) is 4.29. The molecule has 1 heterocycles. The van der Waals surface area contributed by atoms with Crippen LogP contribution in [0.5, 0.6) is 0 Å². The van der Waals surface area contributed by atoms with Crippen LogP contribution in [-0.2, 0) is 6.42 Å². The van der Waals surface area contributed by atoms with E-state index in [4.69, 9.17) is 11.6 Å². The van der Waals surface area contributed by atoms with Crippen LogP contribution in [0.2, 0.25) is 5.02 Å². The van der Waals surface area contributed by atoms with E-state index in [9.17, 15) is 5.11 Å². The highest BCUT2D eigenvalue weighted by Crippen LogP contribution is 2.36. The van der Waals surface area contributed by atoms with Crippen molar-refractivity contribution in [1.29, 1.82) is 0 Å². The van der Waals surface area contributed by atoms with Gasteiger partial charge in [-0.3, -0.25) is 4.90 Å². The lowest BCUT2D eigenvalue weighted by Gasteiger charge is -2.46. The molecule has 3 rings (SSSR count). The maximum Gasteiger partial charge on any atom is 0.0502 e.